The van der Waals surface area contributed by atoms with Gasteiger partial charge >= 0.3 is 5.97 Å². The van der Waals surface area contributed by atoms with Gasteiger partial charge in [0.05, 0.1) is 347 Å². The Labute approximate surface area is 780 Å². The third-order valence-electron chi connectivity index (χ3n) is 19.1. The number of esters is 1. The van der Waals surface area contributed by atoms with Crippen LogP contribution in [0.2, 0.25) is 0 Å². The molecule has 2 amide bonds. The normalized spacial score (nSPS) is 13.1. The molecule has 0 radical (unpaired) electrons. The molecule has 133 heavy (non-hydrogen) atoms. The lowest BCUT2D eigenvalue weighted by Gasteiger charge is -2.36. The van der Waals surface area contributed by atoms with Gasteiger partial charge in [-0.05, 0) is 73.1 Å². The van der Waals surface area contributed by atoms with Crippen LogP contribution in [0.25, 0.3) is 17.2 Å². The zero-order valence-corrected chi connectivity index (χ0v) is 78.7. The lowest BCUT2D eigenvalue weighted by molar-refractivity contribution is -0.136. The number of aliphatic hydroxyl groups is 1. The van der Waals surface area contributed by atoms with Crippen LogP contribution in [0.3, 0.4) is 0 Å². The molecule has 0 aliphatic carbocycles. The van der Waals surface area contributed by atoms with Gasteiger partial charge in [0.2, 0.25) is 39.2 Å². The molecule has 0 unspecified atom stereocenters. The third-order valence-corrected chi connectivity index (χ3v) is 20.9. The number of ether oxygens (including phenoxy) is 26. The number of sulfonamides is 1. The quantitative estimate of drug-likeness (QED) is 0.0186. The van der Waals surface area contributed by atoms with Crippen LogP contribution in [-0.4, -0.2) is 416 Å². The van der Waals surface area contributed by atoms with Gasteiger partial charge in [0, 0.05) is 75.3 Å². The van der Waals surface area contributed by atoms with Gasteiger partial charge in [-0.1, -0.05) is 32.0 Å². The van der Waals surface area contributed by atoms with Gasteiger partial charge in [-0.3, -0.25) is 14.4 Å². The summed E-state index contributed by atoms with van der Waals surface area (Å²) in [4.78, 5) is 45.2. The molecule has 0 bridgehead atoms. The highest BCUT2D eigenvalue weighted by molar-refractivity contribution is 7.89. The van der Waals surface area contributed by atoms with Gasteiger partial charge in [0.25, 0.3) is 0 Å². The minimum atomic E-state index is -3.77. The van der Waals surface area contributed by atoms with E-state index >= 15 is 0 Å². The maximum atomic E-state index is 13.9. The number of unbranched alkanes of at least 4 members (excludes halogenated alkanes) is 1. The Kier molecular flexibility index (Phi) is 70.4. The first-order chi connectivity index (χ1) is 65.2. The third kappa shape index (κ3) is 57.1. The summed E-state index contributed by atoms with van der Waals surface area (Å²) in [7, 11) is -3.77. The second-order valence-electron chi connectivity index (χ2n) is 29.6. The van der Waals surface area contributed by atoms with E-state index in [0.29, 0.717) is 359 Å². The van der Waals surface area contributed by atoms with Crippen LogP contribution in [0, 0.1) is 29.2 Å². The highest BCUT2D eigenvalue weighted by Gasteiger charge is 2.37. The number of fused-ring (bicyclic) bond motifs is 1. The number of nitrogens with two attached hydrogens (primary N) is 1. The Morgan fingerprint density at radius 1 is 0.436 bits per heavy atom. The van der Waals surface area contributed by atoms with E-state index in [2.05, 4.69) is 10.1 Å². The molecule has 3 aromatic carbocycles. The van der Waals surface area contributed by atoms with Gasteiger partial charge in [-0.15, -0.1) is 0 Å². The number of amides is 2. The molecule has 0 saturated carbocycles. The van der Waals surface area contributed by atoms with E-state index in [1.54, 1.807) is 18.2 Å². The summed E-state index contributed by atoms with van der Waals surface area (Å²) in [5, 5.41) is 12.5. The van der Waals surface area contributed by atoms with Crippen molar-refractivity contribution in [3.8, 4) is 16.9 Å². The highest BCUT2D eigenvalue weighted by atomic mass is 32.2. The fourth-order valence-corrected chi connectivity index (χ4v) is 13.9. The zero-order chi connectivity index (χ0) is 95.2. The first kappa shape index (κ1) is 117. The molecule has 5 rings (SSSR count). The smallest absolute Gasteiger partial charge is 0.313 e. The van der Waals surface area contributed by atoms with Crippen LogP contribution in [0.4, 0.5) is 23.2 Å². The minimum Gasteiger partial charge on any atom is -0.420 e. The topological polar surface area (TPSA) is 402 Å². The van der Waals surface area contributed by atoms with Crippen molar-refractivity contribution in [3.63, 3.8) is 0 Å². The number of amidine groups is 1. The van der Waals surface area contributed by atoms with E-state index in [1.165, 1.54) is 4.31 Å². The number of hydrogen-bond donors (Lipinski definition) is 3. The van der Waals surface area contributed by atoms with Crippen molar-refractivity contribution in [1.82, 2.24) is 14.5 Å². The number of carbonyl (C=O) groups excluding carboxylic acids is 3. The number of nitrogens with one attached hydrogen (secondary N) is 1. The number of aliphatic hydroxyl groups excluding tert-OH is 1. The summed E-state index contributed by atoms with van der Waals surface area (Å²) in [6.45, 7) is 26.3. The van der Waals surface area contributed by atoms with Gasteiger partial charge in [-0.2, -0.15) is 13.1 Å². The van der Waals surface area contributed by atoms with Crippen molar-refractivity contribution >= 4 is 45.4 Å². The largest absolute Gasteiger partial charge is 0.420 e. The second kappa shape index (κ2) is 79.8. The van der Waals surface area contributed by atoms with E-state index < -0.39 is 51.4 Å². The van der Waals surface area contributed by atoms with E-state index in [0.717, 1.165) is 29.5 Å². The van der Waals surface area contributed by atoms with Crippen molar-refractivity contribution in [3.05, 3.63) is 82.4 Å². The van der Waals surface area contributed by atoms with Crippen LogP contribution >= 0.6 is 0 Å². The number of rotatable bonds is 93. The van der Waals surface area contributed by atoms with Crippen LogP contribution in [0.1, 0.15) is 69.9 Å². The molecular weight excluding hydrogens is 1780 g/mol. The Morgan fingerprint density at radius 3 is 1.08 bits per heavy atom. The number of hydrogen-bond acceptors (Lipinski definition) is 34. The molecule has 2 aliphatic heterocycles. The van der Waals surface area contributed by atoms with Crippen LogP contribution in [0.5, 0.6) is 5.75 Å². The molecule has 1 fully saturated rings. The average Bonchev–Trinajstić information content (AvgIpc) is 1.35. The summed E-state index contributed by atoms with van der Waals surface area (Å²) in [6.07, 6.45) is 5.54. The number of nitrogens with zero attached hydrogens (tertiary/aromatic N) is 3. The summed E-state index contributed by atoms with van der Waals surface area (Å²) >= 11 is 0. The number of halogens is 4. The molecule has 4 N–H and O–H groups in total. The van der Waals surface area contributed by atoms with Crippen LogP contribution in [0.15, 0.2) is 57.9 Å². The SMILES string of the molecule is CCCN(CCC)C(=O)C1=Cc2c(CCCCNC(=O)CCOCCOCCOCCOCCOCCOCCOCCOCCOCCOCCOCCOCCOCCOCCOCCOCCOCCOCCOCCOCCOCCOCCOCCOCCOCCC(=O)Oc3c(F)c(F)cc(F)c3F)cc(-c3cccc(S(=O)(=O)N4CC(CO)C4)c3)cc2N=C(N)C1. The number of aryl methyl sites for hydroxylation is 1. The van der Waals surface area contributed by atoms with Gasteiger partial charge < -0.3 is 144 Å². The Balaban J connectivity index is 0.647. The summed E-state index contributed by atoms with van der Waals surface area (Å²) in [5.74, 6) is -9.49. The average molecular weight is 1930 g/mol. The highest BCUT2D eigenvalue weighted by Crippen LogP contribution is 2.38. The van der Waals surface area contributed by atoms with Crippen molar-refractivity contribution in [2.45, 2.75) is 70.1 Å². The molecule has 0 aromatic heterocycles. The van der Waals surface area contributed by atoms with Crippen molar-refractivity contribution in [1.29, 1.82) is 0 Å². The fraction of sp³-hybridized carbons (Fsp3) is 0.736. The summed E-state index contributed by atoms with van der Waals surface area (Å²) in [5.41, 5.74) is 10.8. The first-order valence-corrected chi connectivity index (χ1v) is 47.6. The monoisotopic (exact) mass is 1930 g/mol. The summed E-state index contributed by atoms with van der Waals surface area (Å²) in [6, 6.07) is 10.8. The molecule has 3 aromatic rings. The standard InChI is InChI=1S/C91H147F4N5O32S/c1-3-14-99(15-4-2)91(104)79-68-81-77(66-78(69-84(81)98-85(96)70-79)76-9-7-10-80(67-76)133(105,106)100-72-75(73-100)74-101)8-5-6-13-97-86(102)11-16-107-18-20-109-22-24-111-26-28-113-30-32-115-34-36-117-38-40-119-42-44-121-46-48-123-50-52-125-54-56-127-58-60-129-62-64-131-65-63-130-61-59-128-57-55-126-53-51-124-49-47-122-45-43-120-41-39-118-37-35-116-33-31-114-29-27-112-25-23-110-21-19-108-17-12-87(103)132-90-88(94)82(92)71-83(93)89(90)95/h7,9-10,66-69,71,75,101H,3-6,8,11-65,70,72-74H2,1-2H3,(H2,96,98)(H,97,102). The molecule has 42 heteroatoms. The van der Waals surface area contributed by atoms with E-state index in [1.807, 2.05) is 43.0 Å². The lowest BCUT2D eigenvalue weighted by Crippen LogP contribution is -2.51. The number of benzene rings is 3. The van der Waals surface area contributed by atoms with Crippen molar-refractivity contribution in [2.75, 3.05) is 370 Å². The van der Waals surface area contributed by atoms with Crippen molar-refractivity contribution < 1.29 is 169 Å². The van der Waals surface area contributed by atoms with Crippen LogP contribution in [-0.2, 0) is 149 Å². The molecule has 2 aliphatic rings. The Hall–Kier alpha value is -6.13. The molecule has 0 atom stereocenters. The maximum absolute atomic E-state index is 13.9. The van der Waals surface area contributed by atoms with E-state index in [-0.39, 0.29) is 94.3 Å². The molecular formula is C91H147F4N5O32S. The predicted molar refractivity (Wildman–Crippen MR) is 480 cm³/mol. The Bertz CT molecular complexity index is 3620. The lowest BCUT2D eigenvalue weighted by atomic mass is 9.93. The predicted octanol–water partition coefficient (Wildman–Crippen LogP) is 6.19. The molecule has 762 valence electrons. The molecule has 1 saturated heterocycles. The zero-order valence-electron chi connectivity index (χ0n) is 77.9. The number of aliphatic imine (C=N–C) groups is 1. The maximum Gasteiger partial charge on any atom is 0.313 e. The van der Waals surface area contributed by atoms with E-state index in [4.69, 9.17) is 129 Å². The Morgan fingerprint density at radius 2 is 0.759 bits per heavy atom. The first-order valence-electron chi connectivity index (χ1n) is 46.1. The molecule has 37 nitrogen and oxygen atoms in total. The number of carbonyl (C=O) groups is 3. The molecule has 0 spiro atoms. The van der Waals surface area contributed by atoms with Gasteiger partial charge in [-0.25, -0.2) is 22.2 Å². The minimum absolute atomic E-state index is 0.0147. The van der Waals surface area contributed by atoms with Gasteiger partial charge in [0.15, 0.2) is 11.6 Å². The molecule has 2 heterocycles. The van der Waals surface area contributed by atoms with E-state index in [9.17, 15) is 45.5 Å². The van der Waals surface area contributed by atoms with Crippen molar-refractivity contribution in [2.24, 2.45) is 16.6 Å². The van der Waals surface area contributed by atoms with Crippen LogP contribution < -0.4 is 15.8 Å². The fourth-order valence-electron chi connectivity index (χ4n) is 12.2. The van der Waals surface area contributed by atoms with Gasteiger partial charge in [0.1, 0.15) is 5.84 Å². The summed E-state index contributed by atoms with van der Waals surface area (Å²) < 4.78 is 224. The second-order valence-corrected chi connectivity index (χ2v) is 31.5.